The minimum atomic E-state index is -2.41. The van der Waals surface area contributed by atoms with Crippen LogP contribution >= 0.6 is 0 Å². The van der Waals surface area contributed by atoms with Gasteiger partial charge in [-0.1, -0.05) is 24.3 Å². The number of imide groups is 1. The fraction of sp³-hybridized carbons (Fsp3) is 0.250. The molecule has 0 unspecified atom stereocenters. The van der Waals surface area contributed by atoms with Crippen molar-refractivity contribution >= 4 is 34.8 Å². The molecule has 0 saturated carbocycles. The van der Waals surface area contributed by atoms with E-state index in [1.54, 1.807) is 50.2 Å². The van der Waals surface area contributed by atoms with Crippen LogP contribution in [0.25, 0.3) is 11.0 Å². The van der Waals surface area contributed by atoms with Crippen molar-refractivity contribution in [1.29, 1.82) is 0 Å². The van der Waals surface area contributed by atoms with Crippen LogP contribution in [0.3, 0.4) is 0 Å². The van der Waals surface area contributed by atoms with Crippen LogP contribution < -0.4 is 0 Å². The molecule has 0 saturated heterocycles. The largest absolute Gasteiger partial charge is 0.464 e. The molecule has 3 aromatic rings. The van der Waals surface area contributed by atoms with Crippen LogP contribution in [-0.2, 0) is 25.5 Å². The highest BCUT2D eigenvalue weighted by Gasteiger charge is 2.61. The summed E-state index contributed by atoms with van der Waals surface area (Å²) in [6, 6.07) is 13.2. The molecule has 4 rings (SSSR count). The predicted octanol–water partition coefficient (Wildman–Crippen LogP) is 2.33. The van der Waals surface area contributed by atoms with E-state index in [1.807, 2.05) is 0 Å². The minimum Gasteiger partial charge on any atom is -0.464 e. The number of benzene rings is 2. The number of carbonyl (C=O) groups excluding carboxylic acids is 4. The second-order valence-electron chi connectivity index (χ2n) is 7.32. The summed E-state index contributed by atoms with van der Waals surface area (Å²) in [6.45, 7) is 2.97. The molecule has 1 aliphatic heterocycles. The summed E-state index contributed by atoms with van der Waals surface area (Å²) in [7, 11) is 0. The van der Waals surface area contributed by atoms with Gasteiger partial charge in [-0.15, -0.1) is 0 Å². The third kappa shape index (κ3) is 3.61. The Morgan fingerprint density at radius 1 is 0.848 bits per heavy atom. The highest BCUT2D eigenvalue weighted by molar-refractivity contribution is 6.26. The highest BCUT2D eigenvalue weighted by Crippen LogP contribution is 2.34. The second-order valence-corrected chi connectivity index (χ2v) is 7.32. The van der Waals surface area contributed by atoms with Gasteiger partial charge >= 0.3 is 11.9 Å². The van der Waals surface area contributed by atoms with Crippen molar-refractivity contribution in [1.82, 2.24) is 14.9 Å². The quantitative estimate of drug-likeness (QED) is 0.308. The van der Waals surface area contributed by atoms with Crippen LogP contribution in [0.5, 0.6) is 0 Å². The summed E-state index contributed by atoms with van der Waals surface area (Å²) in [5, 5.41) is 0. The number of carbonyl (C=O) groups is 4. The van der Waals surface area contributed by atoms with Crippen LogP contribution in [0, 0.1) is 0 Å². The Morgan fingerprint density at radius 3 is 1.91 bits per heavy atom. The van der Waals surface area contributed by atoms with E-state index in [9.17, 15) is 19.2 Å². The van der Waals surface area contributed by atoms with Crippen LogP contribution in [0.2, 0.25) is 0 Å². The van der Waals surface area contributed by atoms with Gasteiger partial charge in [-0.25, -0.2) is 19.5 Å². The maximum Gasteiger partial charge on any atom is 0.344 e. The van der Waals surface area contributed by atoms with Crippen LogP contribution in [0.1, 0.15) is 40.3 Å². The number of fused-ring (bicyclic) bond motifs is 2. The van der Waals surface area contributed by atoms with E-state index < -0.39 is 35.7 Å². The van der Waals surface area contributed by atoms with Crippen LogP contribution in [0.15, 0.2) is 54.7 Å². The summed E-state index contributed by atoms with van der Waals surface area (Å²) >= 11 is 0. The number of amides is 2. The van der Waals surface area contributed by atoms with Gasteiger partial charge in [0.05, 0.1) is 41.1 Å². The van der Waals surface area contributed by atoms with Crippen molar-refractivity contribution in [3.05, 3.63) is 71.5 Å². The van der Waals surface area contributed by atoms with Crippen molar-refractivity contribution in [2.45, 2.75) is 25.8 Å². The molecule has 0 bridgehead atoms. The number of hydrogen-bond donors (Lipinski definition) is 0. The lowest BCUT2D eigenvalue weighted by Gasteiger charge is -2.35. The Kier molecular flexibility index (Phi) is 5.87. The van der Waals surface area contributed by atoms with Crippen molar-refractivity contribution in [2.24, 2.45) is 0 Å². The van der Waals surface area contributed by atoms with Gasteiger partial charge in [0.2, 0.25) is 0 Å². The Balaban J connectivity index is 1.90. The Hall–Kier alpha value is -4.14. The minimum absolute atomic E-state index is 0.0768. The van der Waals surface area contributed by atoms with Gasteiger partial charge in [0.1, 0.15) is 0 Å². The maximum absolute atomic E-state index is 13.4. The van der Waals surface area contributed by atoms with Crippen LogP contribution in [0.4, 0.5) is 0 Å². The molecular formula is C24H21N3O6. The van der Waals surface area contributed by atoms with Crippen molar-refractivity contribution in [3.8, 4) is 0 Å². The lowest BCUT2D eigenvalue weighted by Crippen LogP contribution is -2.64. The molecular weight excluding hydrogens is 426 g/mol. The molecule has 1 aliphatic rings. The number of nitrogens with zero attached hydrogens (tertiary/aromatic N) is 3. The molecule has 0 N–H and O–H groups in total. The molecule has 9 nitrogen and oxygen atoms in total. The average molecular weight is 447 g/mol. The number of ether oxygens (including phenoxy) is 2. The molecule has 33 heavy (non-hydrogen) atoms. The van der Waals surface area contributed by atoms with Gasteiger partial charge in [0.25, 0.3) is 17.4 Å². The number of para-hydroxylation sites is 2. The number of hydrogen-bond acceptors (Lipinski definition) is 8. The zero-order chi connectivity index (χ0) is 23.6. The molecule has 168 valence electrons. The molecule has 1 aromatic heterocycles. The Morgan fingerprint density at radius 2 is 1.36 bits per heavy atom. The summed E-state index contributed by atoms with van der Waals surface area (Å²) in [4.78, 5) is 62.8. The van der Waals surface area contributed by atoms with Crippen molar-refractivity contribution in [2.75, 3.05) is 13.2 Å². The Bertz CT molecular complexity index is 1220. The molecule has 0 spiro atoms. The molecule has 2 heterocycles. The lowest BCUT2D eigenvalue weighted by atomic mass is 9.90. The standard InChI is InChI=1S/C24H21N3O6/c1-3-32-22(30)24(23(31)33-4-2,13-15-14-25-18-11-7-8-12-19(18)26-15)27-20(28)16-9-5-6-10-17(16)21(27)29/h5-12,14H,3-4,13H2,1-2H3. The third-order valence-electron chi connectivity index (χ3n) is 5.34. The molecule has 2 aromatic carbocycles. The molecule has 0 fully saturated rings. The molecule has 2 amide bonds. The van der Waals surface area contributed by atoms with Gasteiger partial charge in [-0.05, 0) is 38.1 Å². The topological polar surface area (TPSA) is 116 Å². The predicted molar refractivity (Wildman–Crippen MR) is 116 cm³/mol. The second kappa shape index (κ2) is 8.78. The molecule has 0 aliphatic carbocycles. The van der Waals surface area contributed by atoms with Crippen molar-refractivity contribution < 1.29 is 28.7 Å². The number of aromatic nitrogens is 2. The molecule has 0 atom stereocenters. The van der Waals surface area contributed by atoms with Crippen LogP contribution in [-0.4, -0.2) is 57.4 Å². The average Bonchev–Trinajstić information content (AvgIpc) is 3.08. The molecule has 0 radical (unpaired) electrons. The SMILES string of the molecule is CCOC(=O)C(Cc1cnc2ccccc2n1)(C(=O)OCC)N1C(=O)c2ccccc2C1=O. The summed E-state index contributed by atoms with van der Waals surface area (Å²) < 4.78 is 10.4. The third-order valence-corrected chi connectivity index (χ3v) is 5.34. The van der Waals surface area contributed by atoms with E-state index >= 15 is 0 Å². The van der Waals surface area contributed by atoms with E-state index in [-0.39, 0.29) is 30.0 Å². The van der Waals surface area contributed by atoms with E-state index in [2.05, 4.69) is 9.97 Å². The van der Waals surface area contributed by atoms with Gasteiger partial charge < -0.3 is 9.47 Å². The number of esters is 2. The zero-order valence-electron chi connectivity index (χ0n) is 18.1. The van der Waals surface area contributed by atoms with E-state index in [0.717, 1.165) is 0 Å². The highest BCUT2D eigenvalue weighted by atomic mass is 16.6. The van der Waals surface area contributed by atoms with E-state index in [0.29, 0.717) is 15.9 Å². The van der Waals surface area contributed by atoms with E-state index in [1.165, 1.54) is 18.3 Å². The van der Waals surface area contributed by atoms with Gasteiger partial charge in [0.15, 0.2) is 0 Å². The first-order valence-corrected chi connectivity index (χ1v) is 10.5. The maximum atomic E-state index is 13.4. The zero-order valence-corrected chi connectivity index (χ0v) is 18.1. The van der Waals surface area contributed by atoms with Gasteiger partial charge in [-0.2, -0.15) is 0 Å². The summed E-state index contributed by atoms with van der Waals surface area (Å²) in [5.41, 5.74) is -0.878. The van der Waals surface area contributed by atoms with Gasteiger partial charge in [-0.3, -0.25) is 14.6 Å². The number of rotatable bonds is 7. The lowest BCUT2D eigenvalue weighted by molar-refractivity contribution is -0.171. The van der Waals surface area contributed by atoms with Crippen molar-refractivity contribution in [3.63, 3.8) is 0 Å². The Labute approximate surface area is 189 Å². The first-order chi connectivity index (χ1) is 15.9. The van der Waals surface area contributed by atoms with Gasteiger partial charge in [0, 0.05) is 12.6 Å². The van der Waals surface area contributed by atoms with E-state index in [4.69, 9.17) is 9.47 Å². The fourth-order valence-corrected chi connectivity index (χ4v) is 3.87. The molecule has 9 heteroatoms. The fourth-order valence-electron chi connectivity index (χ4n) is 3.87. The summed E-state index contributed by atoms with van der Waals surface area (Å²) in [6.07, 6.45) is 0.946. The summed E-state index contributed by atoms with van der Waals surface area (Å²) in [5.74, 6) is -3.73. The smallest absolute Gasteiger partial charge is 0.344 e. The first kappa shape index (κ1) is 22.1. The normalized spacial score (nSPS) is 13.2. The first-order valence-electron chi connectivity index (χ1n) is 10.5. The monoisotopic (exact) mass is 447 g/mol.